The Morgan fingerprint density at radius 2 is 1.68 bits per heavy atom. The van der Waals surface area contributed by atoms with Crippen molar-refractivity contribution in [1.29, 1.82) is 0 Å². The summed E-state index contributed by atoms with van der Waals surface area (Å²) in [6, 6.07) is 23.1. The molecule has 2 heterocycles. The number of halogens is 1. The van der Waals surface area contributed by atoms with Crippen molar-refractivity contribution in [3.63, 3.8) is 0 Å². The zero-order chi connectivity index (χ0) is 23.7. The molecule has 0 bridgehead atoms. The largest absolute Gasteiger partial charge is 0.334 e. The molecule has 1 N–H and O–H groups in total. The first-order valence-electron chi connectivity index (χ1n) is 11.0. The Kier molecular flexibility index (Phi) is 5.67. The molecule has 5 rings (SSSR count). The normalized spacial score (nSPS) is 16.0. The molecule has 1 atom stereocenters. The van der Waals surface area contributed by atoms with Crippen LogP contribution in [0.15, 0.2) is 89.1 Å². The molecule has 1 aromatic heterocycles. The number of urea groups is 1. The molecule has 2 amide bonds. The van der Waals surface area contributed by atoms with Crippen LogP contribution in [0.2, 0.25) is 0 Å². The van der Waals surface area contributed by atoms with Crippen molar-refractivity contribution in [1.82, 2.24) is 20.4 Å². The van der Waals surface area contributed by atoms with Crippen LogP contribution in [-0.2, 0) is 6.54 Å². The average Bonchev–Trinajstić information content (AvgIpc) is 3.33. The summed E-state index contributed by atoms with van der Waals surface area (Å²) in [5.74, 6) is 0.398. The number of hydrogen-bond donors (Lipinski definition) is 1. The van der Waals surface area contributed by atoms with E-state index in [4.69, 9.17) is 4.52 Å². The van der Waals surface area contributed by atoms with Crippen molar-refractivity contribution in [3.05, 3.63) is 113 Å². The van der Waals surface area contributed by atoms with E-state index in [-0.39, 0.29) is 18.4 Å². The van der Waals surface area contributed by atoms with E-state index in [1.807, 2.05) is 68.4 Å². The van der Waals surface area contributed by atoms with Crippen LogP contribution in [-0.4, -0.2) is 21.1 Å². The maximum Gasteiger partial charge on any atom is 0.322 e. The van der Waals surface area contributed by atoms with E-state index < -0.39 is 6.04 Å². The van der Waals surface area contributed by atoms with E-state index in [1.54, 1.807) is 18.2 Å². The van der Waals surface area contributed by atoms with Crippen molar-refractivity contribution < 1.29 is 13.7 Å². The lowest BCUT2D eigenvalue weighted by Crippen LogP contribution is -2.45. The zero-order valence-electron chi connectivity index (χ0n) is 18.8. The first kappa shape index (κ1) is 21.6. The SMILES string of the molecule is CC1=C(c2nc(-c3ccc(C)cc3)no2)C(c2ccccc2)NC(=O)N1Cc1ccccc1F. The first-order chi connectivity index (χ1) is 16.5. The third kappa shape index (κ3) is 4.08. The molecule has 0 aliphatic carbocycles. The van der Waals surface area contributed by atoms with Crippen LogP contribution < -0.4 is 5.32 Å². The summed E-state index contributed by atoms with van der Waals surface area (Å²) in [6.07, 6.45) is 0. The Balaban J connectivity index is 1.60. The summed E-state index contributed by atoms with van der Waals surface area (Å²) in [5, 5.41) is 7.22. The van der Waals surface area contributed by atoms with Gasteiger partial charge in [-0.15, -0.1) is 0 Å². The van der Waals surface area contributed by atoms with Crippen molar-refractivity contribution >= 4 is 11.6 Å². The van der Waals surface area contributed by atoms with Gasteiger partial charge in [0.25, 0.3) is 5.89 Å². The molecule has 34 heavy (non-hydrogen) atoms. The van der Waals surface area contributed by atoms with Crippen LogP contribution in [0.25, 0.3) is 17.0 Å². The number of nitrogens with zero attached hydrogens (tertiary/aromatic N) is 3. The molecular weight excluding hydrogens is 431 g/mol. The molecule has 0 spiro atoms. The molecule has 1 aliphatic rings. The zero-order valence-corrected chi connectivity index (χ0v) is 18.8. The van der Waals surface area contributed by atoms with Crippen LogP contribution in [0.1, 0.15) is 35.5 Å². The van der Waals surface area contributed by atoms with Gasteiger partial charge in [0, 0.05) is 16.8 Å². The Labute approximate surface area is 196 Å². The van der Waals surface area contributed by atoms with E-state index >= 15 is 0 Å². The number of aromatic nitrogens is 2. The molecule has 3 aromatic carbocycles. The highest BCUT2D eigenvalue weighted by Crippen LogP contribution is 2.37. The van der Waals surface area contributed by atoms with Crippen molar-refractivity contribution in [3.8, 4) is 11.4 Å². The van der Waals surface area contributed by atoms with Gasteiger partial charge in [0.2, 0.25) is 5.82 Å². The van der Waals surface area contributed by atoms with E-state index in [2.05, 4.69) is 15.5 Å². The predicted molar refractivity (Wildman–Crippen MR) is 127 cm³/mol. The van der Waals surface area contributed by atoms with Crippen molar-refractivity contribution in [2.75, 3.05) is 0 Å². The van der Waals surface area contributed by atoms with Gasteiger partial charge in [0.05, 0.1) is 18.2 Å². The van der Waals surface area contributed by atoms with Crippen molar-refractivity contribution in [2.45, 2.75) is 26.4 Å². The fourth-order valence-electron chi connectivity index (χ4n) is 4.09. The molecule has 0 saturated carbocycles. The lowest BCUT2D eigenvalue weighted by Gasteiger charge is -2.35. The number of allylic oxidation sites excluding steroid dienone is 1. The summed E-state index contributed by atoms with van der Waals surface area (Å²) >= 11 is 0. The number of hydrogen-bond acceptors (Lipinski definition) is 4. The highest BCUT2D eigenvalue weighted by Gasteiger charge is 2.36. The second-order valence-electron chi connectivity index (χ2n) is 8.26. The third-order valence-electron chi connectivity index (χ3n) is 5.98. The number of aryl methyl sites for hydroxylation is 1. The molecule has 6 nitrogen and oxygen atoms in total. The molecule has 4 aromatic rings. The standard InChI is InChI=1S/C27H23FN4O2/c1-17-12-14-20(15-13-17)25-30-26(34-31-25)23-18(2)32(16-21-10-6-7-11-22(21)28)27(33)29-24(23)19-8-4-3-5-9-19/h3-15,24H,16H2,1-2H3,(H,29,33). The van der Waals surface area contributed by atoms with E-state index in [9.17, 15) is 9.18 Å². The molecule has 170 valence electrons. The Morgan fingerprint density at radius 1 is 0.971 bits per heavy atom. The van der Waals surface area contributed by atoms with Crippen LogP contribution in [0, 0.1) is 12.7 Å². The fraction of sp³-hybridized carbons (Fsp3) is 0.148. The minimum Gasteiger partial charge on any atom is -0.334 e. The van der Waals surface area contributed by atoms with Gasteiger partial charge in [-0.05, 0) is 25.5 Å². The lowest BCUT2D eigenvalue weighted by atomic mass is 9.94. The van der Waals surface area contributed by atoms with Crippen LogP contribution in [0.5, 0.6) is 0 Å². The van der Waals surface area contributed by atoms with Gasteiger partial charge in [-0.2, -0.15) is 4.98 Å². The van der Waals surface area contributed by atoms with Gasteiger partial charge in [-0.3, -0.25) is 4.90 Å². The summed E-state index contributed by atoms with van der Waals surface area (Å²) < 4.78 is 20.1. The van der Waals surface area contributed by atoms with Crippen LogP contribution >= 0.6 is 0 Å². The molecular formula is C27H23FN4O2. The Morgan fingerprint density at radius 3 is 2.41 bits per heavy atom. The molecule has 0 saturated heterocycles. The van der Waals surface area contributed by atoms with Gasteiger partial charge in [0.1, 0.15) is 5.82 Å². The van der Waals surface area contributed by atoms with Gasteiger partial charge in [-0.1, -0.05) is 83.5 Å². The monoisotopic (exact) mass is 454 g/mol. The Hall–Kier alpha value is -4.26. The summed E-state index contributed by atoms with van der Waals surface area (Å²) in [7, 11) is 0. The molecule has 0 radical (unpaired) electrons. The van der Waals surface area contributed by atoms with E-state index in [0.29, 0.717) is 28.5 Å². The number of carbonyl (C=O) groups excluding carboxylic acids is 1. The smallest absolute Gasteiger partial charge is 0.322 e. The van der Waals surface area contributed by atoms with Gasteiger partial charge in [0.15, 0.2) is 0 Å². The van der Waals surface area contributed by atoms with Gasteiger partial charge in [-0.25, -0.2) is 9.18 Å². The number of amides is 2. The maximum atomic E-state index is 14.4. The number of nitrogens with one attached hydrogen (secondary N) is 1. The number of rotatable bonds is 5. The Bertz CT molecular complexity index is 1360. The molecule has 7 heteroatoms. The molecule has 1 aliphatic heterocycles. The minimum atomic E-state index is -0.489. The second-order valence-corrected chi connectivity index (χ2v) is 8.26. The fourth-order valence-corrected chi connectivity index (χ4v) is 4.09. The molecule has 0 fully saturated rings. The highest BCUT2D eigenvalue weighted by atomic mass is 19.1. The minimum absolute atomic E-state index is 0.0777. The van der Waals surface area contributed by atoms with Gasteiger partial charge < -0.3 is 9.84 Å². The average molecular weight is 455 g/mol. The van der Waals surface area contributed by atoms with Gasteiger partial charge >= 0.3 is 6.03 Å². The second kappa shape index (κ2) is 8.94. The van der Waals surface area contributed by atoms with E-state index in [1.165, 1.54) is 11.0 Å². The molecule has 1 unspecified atom stereocenters. The highest BCUT2D eigenvalue weighted by molar-refractivity contribution is 5.86. The topological polar surface area (TPSA) is 71.3 Å². The van der Waals surface area contributed by atoms with Crippen molar-refractivity contribution in [2.24, 2.45) is 0 Å². The predicted octanol–water partition coefficient (Wildman–Crippen LogP) is 5.88. The number of carbonyl (C=O) groups is 1. The van der Waals surface area contributed by atoms with Crippen LogP contribution in [0.4, 0.5) is 9.18 Å². The third-order valence-corrected chi connectivity index (χ3v) is 5.98. The number of benzene rings is 3. The summed E-state index contributed by atoms with van der Waals surface area (Å²) in [4.78, 5) is 19.3. The maximum absolute atomic E-state index is 14.4. The quantitative estimate of drug-likeness (QED) is 0.409. The first-order valence-corrected chi connectivity index (χ1v) is 11.0. The summed E-state index contributed by atoms with van der Waals surface area (Å²) in [6.45, 7) is 3.91. The van der Waals surface area contributed by atoms with Crippen LogP contribution in [0.3, 0.4) is 0 Å². The van der Waals surface area contributed by atoms with E-state index in [0.717, 1.165) is 16.7 Å². The lowest BCUT2D eigenvalue weighted by molar-refractivity contribution is 0.202. The summed E-state index contributed by atoms with van der Waals surface area (Å²) in [5.41, 5.74) is 4.56.